The third-order valence-corrected chi connectivity index (χ3v) is 14.3. The minimum atomic E-state index is -1.66. The first kappa shape index (κ1) is 55.9. The Kier molecular flexibility index (Phi) is 22.2. The summed E-state index contributed by atoms with van der Waals surface area (Å²) in [6.45, 7) is 2.23. The number of amides is 7. The number of aromatic amines is 1. The molecular formula is C49H66N10O10S2. The Morgan fingerprint density at radius 2 is 1.31 bits per heavy atom. The maximum Gasteiger partial charge on any atom is 0.245 e. The average molecular weight is 1020 g/mol. The Morgan fingerprint density at radius 1 is 0.718 bits per heavy atom. The van der Waals surface area contributed by atoms with E-state index in [1.807, 2.05) is 30.3 Å². The molecule has 0 aliphatic carbocycles. The van der Waals surface area contributed by atoms with E-state index in [1.54, 1.807) is 60.8 Å². The van der Waals surface area contributed by atoms with E-state index in [0.29, 0.717) is 24.0 Å². The van der Waals surface area contributed by atoms with Crippen molar-refractivity contribution < 1.29 is 48.9 Å². The smallest absolute Gasteiger partial charge is 0.245 e. The number of hydrogen-bond acceptors (Lipinski definition) is 14. The van der Waals surface area contributed by atoms with Crippen molar-refractivity contribution in [2.24, 2.45) is 11.5 Å². The van der Waals surface area contributed by atoms with Gasteiger partial charge in [0.05, 0.1) is 30.9 Å². The third kappa shape index (κ3) is 17.1. The molecule has 15 N–H and O–H groups in total. The van der Waals surface area contributed by atoms with E-state index >= 15 is 0 Å². The van der Waals surface area contributed by atoms with Crippen LogP contribution in [0.1, 0.15) is 49.8 Å². The van der Waals surface area contributed by atoms with Crippen molar-refractivity contribution in [1.29, 1.82) is 0 Å². The monoisotopic (exact) mass is 1020 g/mol. The number of rotatable bonds is 17. The molecule has 5 rings (SSSR count). The molecular weight excluding hydrogens is 953 g/mol. The molecule has 1 saturated heterocycles. The zero-order chi connectivity index (χ0) is 51.5. The van der Waals surface area contributed by atoms with Gasteiger partial charge in [0, 0.05) is 41.4 Å². The van der Waals surface area contributed by atoms with Crippen LogP contribution in [0.15, 0.2) is 91.1 Å². The Morgan fingerprint density at radius 3 is 1.96 bits per heavy atom. The molecule has 384 valence electrons. The molecule has 10 atom stereocenters. The van der Waals surface area contributed by atoms with Gasteiger partial charge in [0.1, 0.15) is 36.3 Å². The van der Waals surface area contributed by atoms with Crippen LogP contribution in [0.2, 0.25) is 0 Å². The summed E-state index contributed by atoms with van der Waals surface area (Å²) in [6, 6.07) is 14.6. The van der Waals surface area contributed by atoms with Gasteiger partial charge in [-0.25, -0.2) is 0 Å². The molecule has 20 nitrogen and oxygen atoms in total. The van der Waals surface area contributed by atoms with E-state index in [1.165, 1.54) is 13.8 Å². The van der Waals surface area contributed by atoms with E-state index in [9.17, 15) is 48.9 Å². The first-order chi connectivity index (χ1) is 34.1. The van der Waals surface area contributed by atoms with Gasteiger partial charge in [-0.2, -0.15) is 0 Å². The number of nitrogens with two attached hydrogens (primary N) is 2. The largest absolute Gasteiger partial charge is 0.394 e. The molecule has 71 heavy (non-hydrogen) atoms. The minimum absolute atomic E-state index is 0.0340. The number of carbonyl (C=O) groups is 7. The topological polar surface area (TPSA) is 332 Å². The lowest BCUT2D eigenvalue weighted by Gasteiger charge is -2.29. The van der Waals surface area contributed by atoms with Crippen LogP contribution < -0.4 is 48.7 Å². The number of carbonyl (C=O) groups excluding carboxylic acids is 7. The molecule has 1 fully saturated rings. The van der Waals surface area contributed by atoms with E-state index in [-0.39, 0.29) is 43.7 Å². The van der Waals surface area contributed by atoms with Crippen molar-refractivity contribution in [3.63, 3.8) is 0 Å². The number of fused-ring (bicyclic) bond motifs is 1. The second kappa shape index (κ2) is 28.1. The molecule has 0 radical (unpaired) electrons. The highest BCUT2D eigenvalue weighted by Crippen LogP contribution is 2.24. The number of benzene rings is 3. The minimum Gasteiger partial charge on any atom is -0.394 e. The van der Waals surface area contributed by atoms with Gasteiger partial charge < -0.3 is 69.0 Å². The summed E-state index contributed by atoms with van der Waals surface area (Å²) < 4.78 is 0. The van der Waals surface area contributed by atoms with Crippen LogP contribution >= 0.6 is 21.6 Å². The molecule has 4 aromatic rings. The number of aliphatic hydroxyl groups excluding tert-OH is 3. The van der Waals surface area contributed by atoms with Gasteiger partial charge in [0.2, 0.25) is 41.4 Å². The highest BCUT2D eigenvalue weighted by molar-refractivity contribution is 8.76. The molecule has 0 saturated carbocycles. The number of H-pyrrole nitrogens is 1. The van der Waals surface area contributed by atoms with Gasteiger partial charge in [-0.3, -0.25) is 33.6 Å². The fourth-order valence-electron chi connectivity index (χ4n) is 7.73. The van der Waals surface area contributed by atoms with Crippen molar-refractivity contribution in [1.82, 2.24) is 42.2 Å². The van der Waals surface area contributed by atoms with Crippen LogP contribution in [0.3, 0.4) is 0 Å². The summed E-state index contributed by atoms with van der Waals surface area (Å²) >= 11 is 0. The van der Waals surface area contributed by atoms with Gasteiger partial charge in [-0.05, 0) is 68.8 Å². The summed E-state index contributed by atoms with van der Waals surface area (Å²) in [5.74, 6) is -6.01. The summed E-state index contributed by atoms with van der Waals surface area (Å²) in [6.07, 6.45) is -0.156. The number of para-hydroxylation sites is 1. The van der Waals surface area contributed by atoms with Crippen LogP contribution in [-0.4, -0.2) is 147 Å². The van der Waals surface area contributed by atoms with E-state index < -0.39 is 108 Å². The van der Waals surface area contributed by atoms with Crippen molar-refractivity contribution in [3.8, 4) is 0 Å². The fraction of sp³-hybridized carbons (Fsp3) is 0.449. The van der Waals surface area contributed by atoms with Gasteiger partial charge in [-0.1, -0.05) is 100 Å². The molecule has 0 bridgehead atoms. The fourth-order valence-corrected chi connectivity index (χ4v) is 10.1. The molecule has 7 amide bonds. The SMILES string of the molecule is CC(O)C(CO)NC(=O)[C@@H]1CSSC[C@H](NC(=O)C(N)Cc2ccccc2)C(=O)N[C@@H](Cc2ccccc2)C(=O)N[C@H](Cc2c[nH]c3ccccc23)C(=O)N[C@@H](CCCCN)C(=O)N[C@@H](C(C)O)C(=O)N1. The highest BCUT2D eigenvalue weighted by atomic mass is 33.1. The first-order valence-electron chi connectivity index (χ1n) is 23.5. The highest BCUT2D eigenvalue weighted by Gasteiger charge is 2.36. The quantitative estimate of drug-likeness (QED) is 0.0455. The van der Waals surface area contributed by atoms with Crippen molar-refractivity contribution in [2.45, 2.75) is 113 Å². The van der Waals surface area contributed by atoms with E-state index in [2.05, 4.69) is 42.2 Å². The van der Waals surface area contributed by atoms with Gasteiger partial charge in [-0.15, -0.1) is 0 Å². The molecule has 22 heteroatoms. The lowest BCUT2D eigenvalue weighted by molar-refractivity contribution is -0.136. The number of nitrogens with one attached hydrogen (secondary N) is 8. The van der Waals surface area contributed by atoms with Gasteiger partial charge in [0.15, 0.2) is 0 Å². The predicted molar refractivity (Wildman–Crippen MR) is 272 cm³/mol. The second-order valence-corrected chi connectivity index (χ2v) is 20.0. The molecule has 1 aromatic heterocycles. The first-order valence-corrected chi connectivity index (χ1v) is 26.0. The summed E-state index contributed by atoms with van der Waals surface area (Å²) in [4.78, 5) is 103. The van der Waals surface area contributed by atoms with Gasteiger partial charge >= 0.3 is 0 Å². The van der Waals surface area contributed by atoms with Crippen LogP contribution in [0, 0.1) is 0 Å². The van der Waals surface area contributed by atoms with Gasteiger partial charge in [0.25, 0.3) is 0 Å². The maximum absolute atomic E-state index is 14.7. The molecule has 4 unspecified atom stereocenters. The van der Waals surface area contributed by atoms with Crippen LogP contribution in [-0.2, 0) is 52.8 Å². The van der Waals surface area contributed by atoms with Crippen LogP contribution in [0.4, 0.5) is 0 Å². The third-order valence-electron chi connectivity index (χ3n) is 11.9. The Bertz CT molecular complexity index is 2400. The molecule has 0 spiro atoms. The lowest BCUT2D eigenvalue weighted by Crippen LogP contribution is -2.62. The Hall–Kier alpha value is -6.01. The van der Waals surface area contributed by atoms with Crippen molar-refractivity contribution in [3.05, 3.63) is 108 Å². The summed E-state index contributed by atoms with van der Waals surface area (Å²) in [5.41, 5.74) is 15.0. The van der Waals surface area contributed by atoms with Crippen molar-refractivity contribution >= 4 is 73.8 Å². The standard InChI is InChI=1S/C49H66N10O10S2/c1-28(61)39(25-60)56-48(68)41-27-71-70-26-40(57-43(63)34(51)21-30-13-5-3-6-14-30)47(67)54-37(22-31-15-7-4-8-16-31)45(65)55-38(23-32-24-52-35-18-10-9-17-33(32)35)46(66)53-36(19-11-12-20-50)44(64)59-42(29(2)62)49(69)58-41/h3-10,13-18,24,28-29,34,36-42,52,60-62H,11-12,19-23,25-27,50-51H2,1-2H3,(H,53,66)(H,54,67)(H,55,65)(H,56,68)(H,57,63)(H,58,69)(H,59,64)/t28?,29?,34?,36-,37-,38+,39?,40-,41-,42-/m0/s1. The Labute approximate surface area is 420 Å². The van der Waals surface area contributed by atoms with E-state index in [0.717, 1.165) is 38.1 Å². The van der Waals surface area contributed by atoms with Crippen LogP contribution in [0.25, 0.3) is 10.9 Å². The summed E-state index contributed by atoms with van der Waals surface area (Å²) in [5, 5.41) is 50.5. The molecule has 1 aliphatic rings. The lowest BCUT2D eigenvalue weighted by atomic mass is 10.0. The average Bonchev–Trinajstić information content (AvgIpc) is 3.76. The number of unbranched alkanes of at least 4 members (excludes halogenated alkanes) is 1. The van der Waals surface area contributed by atoms with Crippen LogP contribution in [0.5, 0.6) is 0 Å². The van der Waals surface area contributed by atoms with Crippen molar-refractivity contribution in [2.75, 3.05) is 24.7 Å². The molecule has 2 heterocycles. The maximum atomic E-state index is 14.7. The zero-order valence-corrected chi connectivity index (χ0v) is 41.3. The number of hydrogen-bond donors (Lipinski definition) is 13. The second-order valence-electron chi connectivity index (χ2n) is 17.5. The molecule has 1 aliphatic heterocycles. The Balaban J connectivity index is 1.56. The summed E-state index contributed by atoms with van der Waals surface area (Å²) in [7, 11) is 2.06. The zero-order valence-electron chi connectivity index (χ0n) is 39.7. The number of aromatic nitrogens is 1. The predicted octanol–water partition coefficient (Wildman–Crippen LogP) is -0.805. The number of aliphatic hydroxyl groups is 3. The van der Waals surface area contributed by atoms with E-state index in [4.69, 9.17) is 11.5 Å². The molecule has 3 aromatic carbocycles. The normalized spacial score (nSPS) is 22.8.